The Hall–Kier alpha value is -0.170. The van der Waals surface area contributed by atoms with E-state index in [0.717, 1.165) is 19.3 Å². The van der Waals surface area contributed by atoms with Gasteiger partial charge in [-0.05, 0) is 38.1 Å². The highest BCUT2D eigenvalue weighted by atomic mass is 32.2. The van der Waals surface area contributed by atoms with E-state index >= 15 is 0 Å². The number of likely N-dealkylation sites (N-methyl/N-ethyl adjacent to an activating group) is 1. The zero-order chi connectivity index (χ0) is 15.3. The molecule has 1 aliphatic heterocycles. The fourth-order valence-electron chi connectivity index (χ4n) is 3.20. The largest absolute Gasteiger partial charge is 0.380 e. The molecule has 1 fully saturated rings. The van der Waals surface area contributed by atoms with Crippen molar-refractivity contribution in [1.82, 2.24) is 9.62 Å². The fourth-order valence-corrected chi connectivity index (χ4v) is 4.14. The predicted molar refractivity (Wildman–Crippen MR) is 82.2 cm³/mol. The van der Waals surface area contributed by atoms with E-state index in [2.05, 4.69) is 19.2 Å². The minimum Gasteiger partial charge on any atom is -0.380 e. The van der Waals surface area contributed by atoms with Crippen LogP contribution in [0, 0.1) is 11.8 Å². The molecule has 0 aromatic rings. The molecular weight excluding hydrogens is 276 g/mol. The lowest BCUT2D eigenvalue weighted by molar-refractivity contribution is 0.0254. The molecule has 3 unspecified atom stereocenters. The van der Waals surface area contributed by atoms with E-state index in [-0.39, 0.29) is 12.1 Å². The van der Waals surface area contributed by atoms with Crippen LogP contribution in [0.15, 0.2) is 0 Å². The van der Waals surface area contributed by atoms with E-state index in [0.29, 0.717) is 24.9 Å². The number of methoxy groups -OCH3 is 1. The Bertz CT molecular complexity index is 384. The third kappa shape index (κ3) is 4.98. The van der Waals surface area contributed by atoms with Gasteiger partial charge < -0.3 is 10.1 Å². The average Bonchev–Trinajstić information content (AvgIpc) is 2.37. The van der Waals surface area contributed by atoms with Gasteiger partial charge in [0, 0.05) is 26.2 Å². The lowest BCUT2D eigenvalue weighted by Crippen LogP contribution is -2.46. The standard InChI is InChI=1S/C14H30N2O3S/c1-11(2)14(19-4)13(15-3)9-12-7-6-8-16(10-12)20(5,17)18/h11-15H,6-10H2,1-5H3. The predicted octanol–water partition coefficient (Wildman–Crippen LogP) is 1.31. The van der Waals surface area contributed by atoms with Gasteiger partial charge in [0.05, 0.1) is 12.4 Å². The zero-order valence-corrected chi connectivity index (χ0v) is 14.2. The average molecular weight is 306 g/mol. The summed E-state index contributed by atoms with van der Waals surface area (Å²) in [5.74, 6) is 0.847. The monoisotopic (exact) mass is 306 g/mol. The second-order valence-electron chi connectivity index (χ2n) is 6.20. The van der Waals surface area contributed by atoms with Gasteiger partial charge in [0.1, 0.15) is 0 Å². The Balaban J connectivity index is 2.65. The molecule has 120 valence electrons. The van der Waals surface area contributed by atoms with E-state index < -0.39 is 10.0 Å². The van der Waals surface area contributed by atoms with Gasteiger partial charge in [-0.25, -0.2) is 12.7 Å². The van der Waals surface area contributed by atoms with Gasteiger partial charge in [-0.15, -0.1) is 0 Å². The topological polar surface area (TPSA) is 58.6 Å². The highest BCUT2D eigenvalue weighted by Gasteiger charge is 2.30. The molecule has 0 aromatic carbocycles. The molecule has 0 bridgehead atoms. The molecule has 0 saturated carbocycles. The Kier molecular flexibility index (Phi) is 6.91. The van der Waals surface area contributed by atoms with Crippen molar-refractivity contribution in [3.05, 3.63) is 0 Å². The Morgan fingerprint density at radius 3 is 2.50 bits per heavy atom. The maximum atomic E-state index is 11.7. The Morgan fingerprint density at radius 1 is 1.40 bits per heavy atom. The van der Waals surface area contributed by atoms with Crippen LogP contribution in [-0.4, -0.2) is 58.4 Å². The zero-order valence-electron chi connectivity index (χ0n) is 13.4. The normalized spacial score (nSPS) is 24.8. The van der Waals surface area contributed by atoms with E-state index in [4.69, 9.17) is 4.74 Å². The molecule has 20 heavy (non-hydrogen) atoms. The number of nitrogens with zero attached hydrogens (tertiary/aromatic N) is 1. The third-order valence-corrected chi connectivity index (χ3v) is 5.50. The van der Waals surface area contributed by atoms with Gasteiger partial charge >= 0.3 is 0 Å². The van der Waals surface area contributed by atoms with Crippen molar-refractivity contribution in [1.29, 1.82) is 0 Å². The van der Waals surface area contributed by atoms with Gasteiger partial charge in [0.25, 0.3) is 0 Å². The lowest BCUT2D eigenvalue weighted by atomic mass is 9.87. The van der Waals surface area contributed by atoms with Crippen LogP contribution < -0.4 is 5.32 Å². The van der Waals surface area contributed by atoms with Gasteiger partial charge in [0.2, 0.25) is 10.0 Å². The SMILES string of the molecule is CNC(CC1CCCN(S(C)(=O)=O)C1)C(OC)C(C)C. The maximum absolute atomic E-state index is 11.7. The molecule has 0 aromatic heterocycles. The summed E-state index contributed by atoms with van der Waals surface area (Å²) in [6.45, 7) is 5.62. The van der Waals surface area contributed by atoms with Crippen LogP contribution in [0.4, 0.5) is 0 Å². The summed E-state index contributed by atoms with van der Waals surface area (Å²) in [5, 5.41) is 3.34. The van der Waals surface area contributed by atoms with Crippen molar-refractivity contribution < 1.29 is 13.2 Å². The van der Waals surface area contributed by atoms with E-state index in [9.17, 15) is 8.42 Å². The first kappa shape index (κ1) is 17.9. The molecule has 1 saturated heterocycles. The minimum atomic E-state index is -3.06. The summed E-state index contributed by atoms with van der Waals surface area (Å²) >= 11 is 0. The maximum Gasteiger partial charge on any atom is 0.211 e. The van der Waals surface area contributed by atoms with Crippen LogP contribution in [0.2, 0.25) is 0 Å². The molecule has 0 spiro atoms. The third-order valence-electron chi connectivity index (χ3n) is 4.23. The molecule has 0 radical (unpaired) electrons. The Morgan fingerprint density at radius 2 is 2.05 bits per heavy atom. The number of rotatable bonds is 7. The van der Waals surface area contributed by atoms with Crippen LogP contribution in [0.5, 0.6) is 0 Å². The van der Waals surface area contributed by atoms with Crippen molar-refractivity contribution in [3.63, 3.8) is 0 Å². The second-order valence-corrected chi connectivity index (χ2v) is 8.19. The summed E-state index contributed by atoms with van der Waals surface area (Å²) in [5.41, 5.74) is 0. The van der Waals surface area contributed by atoms with Gasteiger partial charge in [-0.2, -0.15) is 0 Å². The van der Waals surface area contributed by atoms with Crippen LogP contribution in [-0.2, 0) is 14.8 Å². The van der Waals surface area contributed by atoms with E-state index in [1.54, 1.807) is 11.4 Å². The van der Waals surface area contributed by atoms with Crippen LogP contribution >= 0.6 is 0 Å². The molecule has 1 rings (SSSR count). The molecule has 6 heteroatoms. The smallest absolute Gasteiger partial charge is 0.211 e. The lowest BCUT2D eigenvalue weighted by Gasteiger charge is -2.36. The summed E-state index contributed by atoms with van der Waals surface area (Å²) in [7, 11) is 0.642. The van der Waals surface area contributed by atoms with Crippen molar-refractivity contribution in [3.8, 4) is 0 Å². The first-order valence-corrected chi connectivity index (χ1v) is 9.29. The highest BCUT2D eigenvalue weighted by molar-refractivity contribution is 7.88. The second kappa shape index (κ2) is 7.73. The van der Waals surface area contributed by atoms with Crippen molar-refractivity contribution in [2.75, 3.05) is 33.5 Å². The molecular formula is C14H30N2O3S. The quantitative estimate of drug-likeness (QED) is 0.770. The number of hydrogen-bond acceptors (Lipinski definition) is 4. The van der Waals surface area contributed by atoms with Gasteiger partial charge in [0.15, 0.2) is 0 Å². The van der Waals surface area contributed by atoms with Crippen molar-refractivity contribution >= 4 is 10.0 Å². The van der Waals surface area contributed by atoms with E-state index in [1.165, 1.54) is 6.26 Å². The molecule has 1 aliphatic rings. The summed E-state index contributed by atoms with van der Waals surface area (Å²) in [6, 6.07) is 0.268. The Labute approximate surface area is 124 Å². The minimum absolute atomic E-state index is 0.161. The van der Waals surface area contributed by atoms with Crippen LogP contribution in [0.1, 0.15) is 33.1 Å². The van der Waals surface area contributed by atoms with Crippen LogP contribution in [0.25, 0.3) is 0 Å². The molecule has 0 amide bonds. The van der Waals surface area contributed by atoms with Crippen molar-refractivity contribution in [2.24, 2.45) is 11.8 Å². The molecule has 5 nitrogen and oxygen atoms in total. The molecule has 3 atom stereocenters. The van der Waals surface area contributed by atoms with Gasteiger partial charge in [-0.3, -0.25) is 0 Å². The fraction of sp³-hybridized carbons (Fsp3) is 1.00. The summed E-state index contributed by atoms with van der Waals surface area (Å²) < 4.78 is 30.6. The summed E-state index contributed by atoms with van der Waals surface area (Å²) in [6.07, 6.45) is 4.47. The number of piperidine rings is 1. The number of hydrogen-bond donors (Lipinski definition) is 1. The first-order chi connectivity index (χ1) is 9.29. The summed E-state index contributed by atoms with van der Waals surface area (Å²) in [4.78, 5) is 0. The van der Waals surface area contributed by atoms with E-state index in [1.807, 2.05) is 7.05 Å². The number of ether oxygens (including phenoxy) is 1. The molecule has 1 N–H and O–H groups in total. The highest BCUT2D eigenvalue weighted by Crippen LogP contribution is 2.25. The van der Waals surface area contributed by atoms with Crippen LogP contribution in [0.3, 0.4) is 0 Å². The number of sulfonamides is 1. The molecule has 1 heterocycles. The van der Waals surface area contributed by atoms with Gasteiger partial charge in [-0.1, -0.05) is 13.8 Å². The van der Waals surface area contributed by atoms with Crippen molar-refractivity contribution in [2.45, 2.75) is 45.3 Å². The first-order valence-electron chi connectivity index (χ1n) is 7.44. The number of nitrogens with one attached hydrogen (secondary N) is 1. The molecule has 0 aliphatic carbocycles.